The summed E-state index contributed by atoms with van der Waals surface area (Å²) in [5.41, 5.74) is 4.95. The lowest BCUT2D eigenvalue weighted by Gasteiger charge is -2.32. The molecule has 0 aromatic heterocycles. The van der Waals surface area contributed by atoms with E-state index in [1.165, 1.54) is 24.8 Å². The summed E-state index contributed by atoms with van der Waals surface area (Å²) in [5.74, 6) is 2.56. The number of carbonyl (C=O) groups excluding carboxylic acids is 1. The highest BCUT2D eigenvalue weighted by molar-refractivity contribution is 6.11. The minimum atomic E-state index is -0.734. The van der Waals surface area contributed by atoms with Gasteiger partial charge < -0.3 is 19.7 Å². The number of fused-ring (bicyclic) bond motifs is 4. The van der Waals surface area contributed by atoms with Gasteiger partial charge in [0, 0.05) is 30.3 Å². The molecule has 3 aliphatic heterocycles. The van der Waals surface area contributed by atoms with E-state index < -0.39 is 5.41 Å². The van der Waals surface area contributed by atoms with Crippen molar-refractivity contribution in [2.24, 2.45) is 11.8 Å². The number of hydrogen-bond donors (Lipinski definition) is 1. The van der Waals surface area contributed by atoms with E-state index in [1.807, 2.05) is 17.0 Å². The summed E-state index contributed by atoms with van der Waals surface area (Å²) in [6.07, 6.45) is 6.99. The Morgan fingerprint density at radius 3 is 2.63 bits per heavy atom. The summed E-state index contributed by atoms with van der Waals surface area (Å²) in [4.78, 5) is 16.3. The van der Waals surface area contributed by atoms with Crippen LogP contribution in [0, 0.1) is 11.8 Å². The van der Waals surface area contributed by atoms with Gasteiger partial charge in [0.05, 0.1) is 13.2 Å². The Morgan fingerprint density at radius 2 is 1.83 bits per heavy atom. The normalized spacial score (nSPS) is 28.9. The first-order valence-corrected chi connectivity index (χ1v) is 13.1. The summed E-state index contributed by atoms with van der Waals surface area (Å²) in [6.45, 7) is 4.84. The Hall–Kier alpha value is -3.05. The molecule has 5 nitrogen and oxygen atoms in total. The number of ether oxygens (including phenoxy) is 2. The first-order valence-electron chi connectivity index (χ1n) is 13.1. The maximum absolute atomic E-state index is 14.3. The highest BCUT2D eigenvalue weighted by atomic mass is 16.5. The highest BCUT2D eigenvalue weighted by Gasteiger charge is 2.60. The molecule has 5 aliphatic rings. The number of para-hydroxylation sites is 1. The van der Waals surface area contributed by atoms with Crippen LogP contribution in [0.1, 0.15) is 49.3 Å². The predicted octanol–water partition coefficient (Wildman–Crippen LogP) is 4.97. The van der Waals surface area contributed by atoms with Gasteiger partial charge in [-0.1, -0.05) is 55.8 Å². The first-order chi connectivity index (χ1) is 17.1. The molecule has 1 saturated carbocycles. The first kappa shape index (κ1) is 21.3. The number of nitrogens with one attached hydrogen (secondary N) is 1. The Morgan fingerprint density at radius 1 is 1.03 bits per heavy atom. The van der Waals surface area contributed by atoms with Gasteiger partial charge in [-0.05, 0) is 53.5 Å². The summed E-state index contributed by atoms with van der Waals surface area (Å²) in [7, 11) is 0. The van der Waals surface area contributed by atoms with Crippen LogP contribution in [0.4, 0.5) is 5.69 Å². The van der Waals surface area contributed by atoms with Gasteiger partial charge in [-0.3, -0.25) is 4.79 Å². The number of allylic oxidation sites excluding steroid dienone is 2. The molecule has 7 rings (SSSR count). The Labute approximate surface area is 206 Å². The maximum Gasteiger partial charge on any atom is 0.245 e. The minimum absolute atomic E-state index is 0.141. The van der Waals surface area contributed by atoms with Crippen molar-refractivity contribution in [3.8, 4) is 0 Å². The number of rotatable bonds is 5. The fraction of sp³-hybridized carbons (Fsp3) is 0.433. The van der Waals surface area contributed by atoms with E-state index in [-0.39, 0.29) is 11.8 Å². The van der Waals surface area contributed by atoms with Gasteiger partial charge in [-0.25, -0.2) is 0 Å². The largest absolute Gasteiger partial charge is 0.497 e. The molecule has 1 spiro atoms. The van der Waals surface area contributed by atoms with Gasteiger partial charge >= 0.3 is 0 Å². The Balaban J connectivity index is 1.19. The lowest BCUT2D eigenvalue weighted by molar-refractivity contribution is -0.122. The topological polar surface area (TPSA) is 50.8 Å². The van der Waals surface area contributed by atoms with Crippen molar-refractivity contribution in [2.45, 2.75) is 57.2 Å². The SMILES string of the molecule is CC1C2=C(C=C3OCCC31)OCC21C(=O)N(Cc2ccc(CNC3CCC3)cc2)c2ccccc21. The minimum Gasteiger partial charge on any atom is -0.497 e. The molecule has 1 saturated heterocycles. The van der Waals surface area contributed by atoms with Crippen LogP contribution in [0.3, 0.4) is 0 Å². The maximum atomic E-state index is 14.3. The molecule has 2 aromatic rings. The van der Waals surface area contributed by atoms with Crippen LogP contribution in [0.2, 0.25) is 0 Å². The predicted molar refractivity (Wildman–Crippen MR) is 135 cm³/mol. The standard InChI is InChI=1S/C30H32N2O3/c1-19-23-13-14-34-26(23)15-27-28(19)30(18-35-27)24-7-2-3-8-25(24)32(29(30)33)17-21-11-9-20(10-12-21)16-31-22-5-4-6-22/h2-3,7-12,15,19,22-23,31H,4-6,13-14,16-18H2,1H3. The van der Waals surface area contributed by atoms with Crippen molar-refractivity contribution in [3.63, 3.8) is 0 Å². The third-order valence-corrected chi connectivity index (χ3v) is 8.89. The number of benzene rings is 2. The second-order valence-corrected chi connectivity index (χ2v) is 10.8. The van der Waals surface area contributed by atoms with Gasteiger partial charge in [0.25, 0.3) is 0 Å². The molecule has 3 heterocycles. The molecular formula is C30H32N2O3. The van der Waals surface area contributed by atoms with Gasteiger partial charge in [0.2, 0.25) is 5.91 Å². The molecule has 0 radical (unpaired) electrons. The summed E-state index contributed by atoms with van der Waals surface area (Å²) < 4.78 is 12.1. The monoisotopic (exact) mass is 468 g/mol. The van der Waals surface area contributed by atoms with Crippen molar-refractivity contribution >= 4 is 11.6 Å². The average Bonchev–Trinajstić information content (AvgIpc) is 3.53. The van der Waals surface area contributed by atoms with E-state index in [2.05, 4.69) is 54.7 Å². The summed E-state index contributed by atoms with van der Waals surface area (Å²) in [6, 6.07) is 17.7. The lowest BCUT2D eigenvalue weighted by Crippen LogP contribution is -2.44. The van der Waals surface area contributed by atoms with E-state index in [1.54, 1.807) is 0 Å². The van der Waals surface area contributed by atoms with Gasteiger partial charge in [0.15, 0.2) is 0 Å². The number of anilines is 1. The van der Waals surface area contributed by atoms with Crippen LogP contribution in [0.15, 0.2) is 71.7 Å². The van der Waals surface area contributed by atoms with Crippen LogP contribution in [0.25, 0.3) is 0 Å². The molecule has 3 unspecified atom stereocenters. The van der Waals surface area contributed by atoms with Crippen LogP contribution in [0.5, 0.6) is 0 Å². The summed E-state index contributed by atoms with van der Waals surface area (Å²) >= 11 is 0. The zero-order chi connectivity index (χ0) is 23.6. The van der Waals surface area contributed by atoms with Crippen molar-refractivity contribution in [3.05, 3.63) is 88.4 Å². The van der Waals surface area contributed by atoms with Crippen molar-refractivity contribution < 1.29 is 14.3 Å². The second kappa shape index (κ2) is 7.99. The molecule has 2 aromatic carbocycles. The van der Waals surface area contributed by atoms with E-state index in [0.717, 1.165) is 53.5 Å². The molecule has 0 bridgehead atoms. The zero-order valence-electron chi connectivity index (χ0n) is 20.3. The molecule has 5 heteroatoms. The van der Waals surface area contributed by atoms with Crippen molar-refractivity contribution in [1.29, 1.82) is 0 Å². The quantitative estimate of drug-likeness (QED) is 0.673. The molecule has 35 heavy (non-hydrogen) atoms. The molecule has 1 amide bonds. The third kappa shape index (κ3) is 3.14. The van der Waals surface area contributed by atoms with Crippen molar-refractivity contribution in [1.82, 2.24) is 5.32 Å². The van der Waals surface area contributed by atoms with E-state index in [4.69, 9.17) is 9.47 Å². The fourth-order valence-corrected chi connectivity index (χ4v) is 6.71. The Bertz CT molecular complexity index is 1240. The number of hydrogen-bond acceptors (Lipinski definition) is 4. The lowest BCUT2D eigenvalue weighted by atomic mass is 9.67. The summed E-state index contributed by atoms with van der Waals surface area (Å²) in [5, 5.41) is 3.63. The third-order valence-electron chi connectivity index (χ3n) is 8.89. The van der Waals surface area contributed by atoms with Crippen LogP contribution in [-0.4, -0.2) is 25.2 Å². The molecule has 3 atom stereocenters. The van der Waals surface area contributed by atoms with Crippen LogP contribution in [-0.2, 0) is 32.8 Å². The average molecular weight is 469 g/mol. The van der Waals surface area contributed by atoms with Gasteiger partial charge in [0.1, 0.15) is 23.5 Å². The van der Waals surface area contributed by atoms with E-state index in [0.29, 0.717) is 25.1 Å². The molecule has 180 valence electrons. The van der Waals surface area contributed by atoms with Gasteiger partial charge in [-0.2, -0.15) is 0 Å². The van der Waals surface area contributed by atoms with E-state index >= 15 is 0 Å². The fourth-order valence-electron chi connectivity index (χ4n) is 6.71. The number of carbonyl (C=O) groups is 1. The smallest absolute Gasteiger partial charge is 0.245 e. The van der Waals surface area contributed by atoms with Crippen molar-refractivity contribution in [2.75, 3.05) is 18.1 Å². The molecule has 2 aliphatic carbocycles. The highest BCUT2D eigenvalue weighted by Crippen LogP contribution is 2.57. The molecule has 2 fully saturated rings. The Kier molecular flexibility index (Phi) is 4.85. The second-order valence-electron chi connectivity index (χ2n) is 10.8. The van der Waals surface area contributed by atoms with Crippen LogP contribution >= 0.6 is 0 Å². The van der Waals surface area contributed by atoms with Gasteiger partial charge in [-0.15, -0.1) is 0 Å². The number of amides is 1. The molecular weight excluding hydrogens is 436 g/mol. The van der Waals surface area contributed by atoms with E-state index in [9.17, 15) is 4.79 Å². The zero-order valence-corrected chi connectivity index (χ0v) is 20.3. The molecule has 1 N–H and O–H groups in total. The number of nitrogens with zero attached hydrogens (tertiary/aromatic N) is 1. The van der Waals surface area contributed by atoms with Crippen LogP contribution < -0.4 is 10.2 Å².